The highest BCUT2D eigenvalue weighted by molar-refractivity contribution is 6.34. The molecule has 0 amide bonds. The number of halogens is 2. The Morgan fingerprint density at radius 1 is 1.15 bits per heavy atom. The minimum atomic E-state index is -0.946. The van der Waals surface area contributed by atoms with Crippen LogP contribution in [0, 0.1) is 6.92 Å². The number of hydrogen-bond acceptors (Lipinski definition) is 2. The molecule has 104 valence electrons. The van der Waals surface area contributed by atoms with Crippen LogP contribution in [-0.4, -0.2) is 11.1 Å². The molecular weight excluding hydrogens is 297 g/mol. The average molecular weight is 310 g/mol. The van der Waals surface area contributed by atoms with Gasteiger partial charge in [0, 0.05) is 22.3 Å². The van der Waals surface area contributed by atoms with Gasteiger partial charge < -0.3 is 10.4 Å². The fraction of sp³-hybridized carbons (Fsp3) is 0.133. The highest BCUT2D eigenvalue weighted by Crippen LogP contribution is 2.22. The number of carboxylic acids is 1. The number of benzene rings is 2. The largest absolute Gasteiger partial charge is 0.478 e. The van der Waals surface area contributed by atoms with Crippen LogP contribution in [-0.2, 0) is 6.54 Å². The third-order valence-electron chi connectivity index (χ3n) is 2.89. The van der Waals surface area contributed by atoms with Crippen molar-refractivity contribution in [3.05, 3.63) is 63.1 Å². The molecule has 0 aliphatic rings. The van der Waals surface area contributed by atoms with Gasteiger partial charge in [-0.25, -0.2) is 4.79 Å². The summed E-state index contributed by atoms with van der Waals surface area (Å²) >= 11 is 11.9. The molecule has 0 fully saturated rings. The van der Waals surface area contributed by atoms with Crippen molar-refractivity contribution in [3.8, 4) is 0 Å². The van der Waals surface area contributed by atoms with Gasteiger partial charge >= 0.3 is 5.97 Å². The molecule has 20 heavy (non-hydrogen) atoms. The summed E-state index contributed by atoms with van der Waals surface area (Å²) < 4.78 is 0. The van der Waals surface area contributed by atoms with Gasteiger partial charge in [0.1, 0.15) is 0 Å². The molecule has 0 heterocycles. The van der Waals surface area contributed by atoms with Gasteiger partial charge in [-0.1, -0.05) is 29.3 Å². The maximum Gasteiger partial charge on any atom is 0.335 e. The zero-order chi connectivity index (χ0) is 14.7. The van der Waals surface area contributed by atoms with Crippen molar-refractivity contribution in [3.63, 3.8) is 0 Å². The Bertz CT molecular complexity index is 636. The van der Waals surface area contributed by atoms with Gasteiger partial charge in [0.2, 0.25) is 0 Å². The van der Waals surface area contributed by atoms with Crippen LogP contribution in [0.1, 0.15) is 21.5 Å². The van der Waals surface area contributed by atoms with E-state index in [1.807, 2.05) is 19.1 Å². The van der Waals surface area contributed by atoms with E-state index in [-0.39, 0.29) is 5.56 Å². The van der Waals surface area contributed by atoms with Crippen molar-refractivity contribution in [1.29, 1.82) is 0 Å². The lowest BCUT2D eigenvalue weighted by Crippen LogP contribution is -2.04. The quantitative estimate of drug-likeness (QED) is 0.867. The van der Waals surface area contributed by atoms with Crippen molar-refractivity contribution in [2.45, 2.75) is 13.5 Å². The lowest BCUT2D eigenvalue weighted by atomic mass is 10.1. The van der Waals surface area contributed by atoms with E-state index < -0.39 is 5.97 Å². The Labute approximate surface area is 127 Å². The molecule has 3 nitrogen and oxygen atoms in total. The second kappa shape index (κ2) is 6.16. The molecule has 2 aromatic carbocycles. The molecule has 2 rings (SSSR count). The molecule has 5 heteroatoms. The molecule has 0 atom stereocenters. The Kier molecular flexibility index (Phi) is 4.53. The van der Waals surface area contributed by atoms with E-state index in [9.17, 15) is 4.79 Å². The van der Waals surface area contributed by atoms with Crippen LogP contribution in [0.5, 0.6) is 0 Å². The van der Waals surface area contributed by atoms with E-state index in [1.165, 1.54) is 0 Å². The number of carboxylic acid groups (broad SMARTS) is 1. The van der Waals surface area contributed by atoms with Gasteiger partial charge in [-0.2, -0.15) is 0 Å². The van der Waals surface area contributed by atoms with Crippen LogP contribution >= 0.6 is 23.2 Å². The molecule has 0 aliphatic carbocycles. The summed E-state index contributed by atoms with van der Waals surface area (Å²) in [6, 6.07) is 10.3. The van der Waals surface area contributed by atoms with Crippen LogP contribution in [0.3, 0.4) is 0 Å². The number of hydrogen-bond donors (Lipinski definition) is 2. The number of aryl methyl sites for hydroxylation is 1. The molecule has 0 radical (unpaired) electrons. The Hall–Kier alpha value is -1.71. The molecule has 0 bridgehead atoms. The van der Waals surface area contributed by atoms with E-state index >= 15 is 0 Å². The third-order valence-corrected chi connectivity index (χ3v) is 3.33. The number of rotatable bonds is 4. The highest BCUT2D eigenvalue weighted by Gasteiger charge is 2.06. The van der Waals surface area contributed by atoms with Crippen LogP contribution in [0.4, 0.5) is 5.69 Å². The zero-order valence-corrected chi connectivity index (χ0v) is 12.3. The van der Waals surface area contributed by atoms with Gasteiger partial charge in [0.25, 0.3) is 0 Å². The lowest BCUT2D eigenvalue weighted by molar-refractivity contribution is 0.0697. The maximum atomic E-state index is 11.0. The number of carbonyl (C=O) groups is 1. The van der Waals surface area contributed by atoms with Crippen LogP contribution in [0.2, 0.25) is 10.0 Å². The standard InChI is InChI=1S/C15H13Cl2NO2/c1-9-2-3-11(15(19)20)6-14(9)18-8-10-4-12(16)7-13(17)5-10/h2-7,18H,8H2,1H3,(H,19,20). The van der Waals surface area contributed by atoms with Gasteiger partial charge in [0.05, 0.1) is 5.56 Å². The van der Waals surface area contributed by atoms with E-state index in [2.05, 4.69) is 5.32 Å². The SMILES string of the molecule is Cc1ccc(C(=O)O)cc1NCc1cc(Cl)cc(Cl)c1. The van der Waals surface area contributed by atoms with Crippen LogP contribution in [0.15, 0.2) is 36.4 Å². The third kappa shape index (κ3) is 3.65. The Morgan fingerprint density at radius 3 is 2.40 bits per heavy atom. The van der Waals surface area contributed by atoms with Crippen LogP contribution in [0.25, 0.3) is 0 Å². The second-order valence-corrected chi connectivity index (χ2v) is 5.34. The van der Waals surface area contributed by atoms with Crippen LogP contribution < -0.4 is 5.32 Å². The zero-order valence-electron chi connectivity index (χ0n) is 10.8. The normalized spacial score (nSPS) is 10.3. The molecule has 0 aromatic heterocycles. The van der Waals surface area contributed by atoms with E-state index in [0.717, 1.165) is 16.8 Å². The van der Waals surface area contributed by atoms with Crippen molar-refractivity contribution in [2.75, 3.05) is 5.32 Å². The molecule has 0 aliphatic heterocycles. The highest BCUT2D eigenvalue weighted by atomic mass is 35.5. The van der Waals surface area contributed by atoms with E-state index in [0.29, 0.717) is 16.6 Å². The van der Waals surface area contributed by atoms with Gasteiger partial charge in [-0.15, -0.1) is 0 Å². The molecular formula is C15H13Cl2NO2. The van der Waals surface area contributed by atoms with E-state index in [4.69, 9.17) is 28.3 Å². The molecule has 0 unspecified atom stereocenters. The average Bonchev–Trinajstić information content (AvgIpc) is 2.36. The smallest absolute Gasteiger partial charge is 0.335 e. The van der Waals surface area contributed by atoms with Crippen molar-refractivity contribution in [2.24, 2.45) is 0 Å². The minimum absolute atomic E-state index is 0.252. The molecule has 0 saturated carbocycles. The van der Waals surface area contributed by atoms with Gasteiger partial charge in [0.15, 0.2) is 0 Å². The topological polar surface area (TPSA) is 49.3 Å². The predicted molar refractivity (Wildman–Crippen MR) is 81.9 cm³/mol. The first-order valence-electron chi connectivity index (χ1n) is 5.98. The summed E-state index contributed by atoms with van der Waals surface area (Å²) in [5, 5.41) is 13.3. The minimum Gasteiger partial charge on any atom is -0.478 e. The molecule has 2 aromatic rings. The fourth-order valence-electron chi connectivity index (χ4n) is 1.86. The second-order valence-electron chi connectivity index (χ2n) is 4.47. The fourth-order valence-corrected chi connectivity index (χ4v) is 2.43. The van der Waals surface area contributed by atoms with Crippen molar-refractivity contribution < 1.29 is 9.90 Å². The lowest BCUT2D eigenvalue weighted by Gasteiger charge is -2.11. The first-order valence-corrected chi connectivity index (χ1v) is 6.74. The monoisotopic (exact) mass is 309 g/mol. The molecule has 2 N–H and O–H groups in total. The predicted octanol–water partition coefficient (Wildman–Crippen LogP) is 4.61. The summed E-state index contributed by atoms with van der Waals surface area (Å²) in [5.74, 6) is -0.946. The molecule has 0 saturated heterocycles. The van der Waals surface area contributed by atoms with Gasteiger partial charge in [-0.3, -0.25) is 0 Å². The summed E-state index contributed by atoms with van der Waals surface area (Å²) in [7, 11) is 0. The summed E-state index contributed by atoms with van der Waals surface area (Å²) in [6.07, 6.45) is 0. The van der Waals surface area contributed by atoms with Crippen molar-refractivity contribution in [1.82, 2.24) is 0 Å². The molecule has 0 spiro atoms. The number of anilines is 1. The first kappa shape index (κ1) is 14.7. The number of aromatic carboxylic acids is 1. The first-order chi connectivity index (χ1) is 9.45. The van der Waals surface area contributed by atoms with E-state index in [1.54, 1.807) is 24.3 Å². The summed E-state index contributed by atoms with van der Waals surface area (Å²) in [5.41, 5.74) is 2.94. The van der Waals surface area contributed by atoms with Crippen molar-refractivity contribution >= 4 is 34.9 Å². The Morgan fingerprint density at radius 2 is 1.80 bits per heavy atom. The number of nitrogens with one attached hydrogen (secondary N) is 1. The van der Waals surface area contributed by atoms with Gasteiger partial charge in [-0.05, 0) is 48.4 Å². The summed E-state index contributed by atoms with van der Waals surface area (Å²) in [6.45, 7) is 2.43. The Balaban J connectivity index is 2.18. The summed E-state index contributed by atoms with van der Waals surface area (Å²) in [4.78, 5) is 11.0. The maximum absolute atomic E-state index is 11.0.